The molecule has 2 atom stereocenters. The second kappa shape index (κ2) is 13.5. The van der Waals surface area contributed by atoms with E-state index in [9.17, 15) is 9.59 Å². The van der Waals surface area contributed by atoms with Crippen molar-refractivity contribution in [1.82, 2.24) is 0 Å². The fraction of sp³-hybridized carbons (Fsp3) is 0.235. The largest absolute Gasteiger partial charge is 0.493 e. The van der Waals surface area contributed by atoms with Gasteiger partial charge in [-0.25, -0.2) is 0 Å². The summed E-state index contributed by atoms with van der Waals surface area (Å²) in [6, 6.07) is 29.8. The molecule has 0 N–H and O–H groups in total. The zero-order valence-electron chi connectivity index (χ0n) is 23.3. The summed E-state index contributed by atoms with van der Waals surface area (Å²) in [7, 11) is 3.07. The minimum absolute atomic E-state index is 0.150. The number of Topliss-reactive ketones (excluding diaryl/α,β-unsaturated/α-hetero) is 2. The number of hydrogen-bond donors (Lipinski definition) is 0. The summed E-state index contributed by atoms with van der Waals surface area (Å²) in [5.74, 6) is 0.587. The number of hydrogen-bond acceptors (Lipinski definition) is 6. The summed E-state index contributed by atoms with van der Waals surface area (Å²) < 4.78 is 22.8. The lowest BCUT2D eigenvalue weighted by atomic mass is 9.83. The Bertz CT molecular complexity index is 1320. The fourth-order valence-corrected chi connectivity index (χ4v) is 4.33. The molecule has 0 spiro atoms. The zero-order valence-corrected chi connectivity index (χ0v) is 23.3. The highest BCUT2D eigenvalue weighted by Crippen LogP contribution is 2.33. The molecule has 4 aromatic carbocycles. The van der Waals surface area contributed by atoms with Crippen LogP contribution in [0.15, 0.2) is 97.1 Å². The Labute approximate surface area is 235 Å². The molecule has 0 heterocycles. The van der Waals surface area contributed by atoms with Crippen molar-refractivity contribution in [3.05, 3.63) is 119 Å². The molecule has 0 saturated carbocycles. The Morgan fingerprint density at radius 2 is 0.925 bits per heavy atom. The molecular formula is C34H34O6. The topological polar surface area (TPSA) is 71.1 Å². The van der Waals surface area contributed by atoms with Gasteiger partial charge in [0.2, 0.25) is 0 Å². The number of methoxy groups -OCH3 is 2. The van der Waals surface area contributed by atoms with Crippen molar-refractivity contribution in [2.45, 2.75) is 27.1 Å². The lowest BCUT2D eigenvalue weighted by molar-refractivity contribution is 0.0793. The highest BCUT2D eigenvalue weighted by atomic mass is 16.5. The quantitative estimate of drug-likeness (QED) is 0.168. The number of benzene rings is 4. The van der Waals surface area contributed by atoms with Crippen LogP contribution in [0.2, 0.25) is 0 Å². The summed E-state index contributed by atoms with van der Waals surface area (Å²) in [5, 5.41) is 0. The Morgan fingerprint density at radius 3 is 1.27 bits per heavy atom. The van der Waals surface area contributed by atoms with Crippen molar-refractivity contribution in [3.63, 3.8) is 0 Å². The van der Waals surface area contributed by atoms with Crippen LogP contribution in [0.25, 0.3) is 0 Å². The Balaban J connectivity index is 1.43. The van der Waals surface area contributed by atoms with E-state index in [1.165, 1.54) is 14.2 Å². The third-order valence-electron chi connectivity index (χ3n) is 6.95. The van der Waals surface area contributed by atoms with Crippen LogP contribution in [0.1, 0.15) is 45.7 Å². The summed E-state index contributed by atoms with van der Waals surface area (Å²) >= 11 is 0. The van der Waals surface area contributed by atoms with E-state index in [1.54, 1.807) is 50.2 Å². The summed E-state index contributed by atoms with van der Waals surface area (Å²) in [6.45, 7) is 4.30. The third kappa shape index (κ3) is 6.89. The maximum Gasteiger partial charge on any atom is 0.166 e. The van der Waals surface area contributed by atoms with E-state index in [-0.39, 0.29) is 11.6 Å². The minimum atomic E-state index is -0.562. The smallest absolute Gasteiger partial charge is 0.166 e. The van der Waals surface area contributed by atoms with Gasteiger partial charge in [0.05, 0.1) is 14.2 Å². The highest BCUT2D eigenvalue weighted by molar-refractivity contribution is 6.05. The predicted octanol–water partition coefficient (Wildman–Crippen LogP) is 7.20. The van der Waals surface area contributed by atoms with Gasteiger partial charge in [-0.3, -0.25) is 9.59 Å². The molecule has 0 aliphatic rings. The van der Waals surface area contributed by atoms with Crippen molar-refractivity contribution in [2.24, 2.45) is 11.8 Å². The summed E-state index contributed by atoms with van der Waals surface area (Å²) in [6.07, 6.45) is 0. The molecule has 0 aliphatic heterocycles. The fourth-order valence-electron chi connectivity index (χ4n) is 4.33. The van der Waals surface area contributed by atoms with Crippen molar-refractivity contribution >= 4 is 11.6 Å². The van der Waals surface area contributed by atoms with E-state index in [4.69, 9.17) is 18.9 Å². The summed E-state index contributed by atoms with van der Waals surface area (Å²) in [5.41, 5.74) is 2.97. The van der Waals surface area contributed by atoms with Gasteiger partial charge in [-0.1, -0.05) is 74.5 Å². The Hall–Kier alpha value is -4.58. The van der Waals surface area contributed by atoms with Gasteiger partial charge in [-0.2, -0.15) is 0 Å². The van der Waals surface area contributed by atoms with Gasteiger partial charge < -0.3 is 18.9 Å². The van der Waals surface area contributed by atoms with Gasteiger partial charge in [0, 0.05) is 23.0 Å². The molecule has 40 heavy (non-hydrogen) atoms. The average molecular weight is 539 g/mol. The molecule has 206 valence electrons. The van der Waals surface area contributed by atoms with E-state index in [0.717, 1.165) is 11.1 Å². The first-order valence-corrected chi connectivity index (χ1v) is 13.2. The van der Waals surface area contributed by atoms with E-state index >= 15 is 0 Å². The van der Waals surface area contributed by atoms with E-state index in [1.807, 2.05) is 60.7 Å². The molecule has 6 nitrogen and oxygen atoms in total. The van der Waals surface area contributed by atoms with E-state index in [0.29, 0.717) is 47.3 Å². The van der Waals surface area contributed by atoms with E-state index < -0.39 is 11.8 Å². The van der Waals surface area contributed by atoms with E-state index in [2.05, 4.69) is 0 Å². The molecule has 0 radical (unpaired) electrons. The number of ketones is 2. The molecule has 2 unspecified atom stereocenters. The maximum absolute atomic E-state index is 13.4. The molecule has 0 aromatic heterocycles. The Kier molecular flexibility index (Phi) is 9.57. The third-order valence-corrected chi connectivity index (χ3v) is 6.95. The SMILES string of the molecule is COc1cc(C(=O)C(C)C(C)C(=O)c2ccc(OCc3ccccc3)c(OC)c2)ccc1OCc1ccccc1. The molecule has 4 rings (SSSR count). The lowest BCUT2D eigenvalue weighted by Gasteiger charge is -2.20. The number of carbonyl (C=O) groups excluding carboxylic acids is 2. The van der Waals surface area contributed by atoms with Gasteiger partial charge in [-0.05, 0) is 47.5 Å². The lowest BCUT2D eigenvalue weighted by Crippen LogP contribution is -2.26. The molecule has 0 amide bonds. The van der Waals surface area contributed by atoms with Crippen LogP contribution in [0, 0.1) is 11.8 Å². The van der Waals surface area contributed by atoms with Crippen LogP contribution in [0.4, 0.5) is 0 Å². The first kappa shape index (κ1) is 28.4. The zero-order chi connectivity index (χ0) is 28.5. The van der Waals surface area contributed by atoms with Crippen molar-refractivity contribution < 1.29 is 28.5 Å². The van der Waals surface area contributed by atoms with Crippen LogP contribution >= 0.6 is 0 Å². The van der Waals surface area contributed by atoms with Crippen molar-refractivity contribution in [2.75, 3.05) is 14.2 Å². The molecular weight excluding hydrogens is 504 g/mol. The monoisotopic (exact) mass is 538 g/mol. The molecule has 4 aromatic rings. The van der Waals surface area contributed by atoms with Crippen LogP contribution in [0.3, 0.4) is 0 Å². The van der Waals surface area contributed by atoms with Crippen LogP contribution in [0.5, 0.6) is 23.0 Å². The van der Waals surface area contributed by atoms with Gasteiger partial charge in [0.1, 0.15) is 13.2 Å². The normalized spacial score (nSPS) is 12.2. The first-order chi connectivity index (χ1) is 19.4. The molecule has 0 aliphatic carbocycles. The van der Waals surface area contributed by atoms with Crippen LogP contribution in [-0.4, -0.2) is 25.8 Å². The van der Waals surface area contributed by atoms with Crippen molar-refractivity contribution in [3.8, 4) is 23.0 Å². The number of rotatable bonds is 13. The summed E-state index contributed by atoms with van der Waals surface area (Å²) in [4.78, 5) is 26.8. The predicted molar refractivity (Wildman–Crippen MR) is 155 cm³/mol. The molecule has 0 fully saturated rings. The van der Waals surface area contributed by atoms with Gasteiger partial charge in [0.25, 0.3) is 0 Å². The second-order valence-corrected chi connectivity index (χ2v) is 9.59. The average Bonchev–Trinajstić information content (AvgIpc) is 3.02. The maximum atomic E-state index is 13.4. The first-order valence-electron chi connectivity index (χ1n) is 13.2. The standard InChI is InChI=1S/C34H34O6/c1-23(33(35)27-15-17-29(31(19-27)37-3)39-21-25-11-7-5-8-12-25)24(2)34(36)28-16-18-30(32(20-28)38-4)40-22-26-13-9-6-10-14-26/h5-20,23-24H,21-22H2,1-4H3. The van der Waals surface area contributed by atoms with Crippen molar-refractivity contribution in [1.29, 1.82) is 0 Å². The highest BCUT2D eigenvalue weighted by Gasteiger charge is 2.29. The number of ether oxygens (including phenoxy) is 4. The van der Waals surface area contributed by atoms with Crippen LogP contribution < -0.4 is 18.9 Å². The van der Waals surface area contributed by atoms with Gasteiger partial charge >= 0.3 is 0 Å². The molecule has 6 heteroatoms. The van der Waals surface area contributed by atoms with Gasteiger partial charge in [0.15, 0.2) is 34.6 Å². The minimum Gasteiger partial charge on any atom is -0.493 e. The Morgan fingerprint density at radius 1 is 0.550 bits per heavy atom. The second-order valence-electron chi connectivity index (χ2n) is 9.59. The molecule has 0 saturated heterocycles. The van der Waals surface area contributed by atoms with Crippen LogP contribution in [-0.2, 0) is 13.2 Å². The number of carbonyl (C=O) groups is 2. The molecule has 0 bridgehead atoms. The van der Waals surface area contributed by atoms with Gasteiger partial charge in [-0.15, -0.1) is 0 Å².